The van der Waals surface area contributed by atoms with Gasteiger partial charge in [0.15, 0.2) is 11.6 Å². The topological polar surface area (TPSA) is 59.5 Å². The molecule has 1 N–H and O–H groups in total. The molecule has 0 amide bonds. The molecule has 1 fully saturated rings. The predicted octanol–water partition coefficient (Wildman–Crippen LogP) is 4.51. The van der Waals surface area contributed by atoms with E-state index in [9.17, 15) is 4.39 Å². The molecule has 6 nitrogen and oxygen atoms in total. The van der Waals surface area contributed by atoms with E-state index in [4.69, 9.17) is 9.47 Å². The molecule has 1 aliphatic rings. The lowest BCUT2D eigenvalue weighted by Crippen LogP contribution is -2.39. The van der Waals surface area contributed by atoms with Crippen LogP contribution in [0.3, 0.4) is 0 Å². The molecule has 4 rings (SSSR count). The average Bonchev–Trinajstić information content (AvgIpc) is 2.79. The first kappa shape index (κ1) is 21.2. The van der Waals surface area contributed by atoms with Gasteiger partial charge in [0.1, 0.15) is 11.9 Å². The Morgan fingerprint density at radius 2 is 2.06 bits per heavy atom. The summed E-state index contributed by atoms with van der Waals surface area (Å²) in [4.78, 5) is 11.4. The number of pyridine rings is 2. The molecule has 1 atom stereocenters. The van der Waals surface area contributed by atoms with E-state index >= 15 is 0 Å². The second kappa shape index (κ2) is 10.3. The van der Waals surface area contributed by atoms with Crippen LogP contribution in [0.4, 0.5) is 15.9 Å². The monoisotopic (exact) mass is 422 g/mol. The first-order valence-electron chi connectivity index (χ1n) is 10.6. The Hall–Kier alpha value is -3.03. The van der Waals surface area contributed by atoms with E-state index in [-0.39, 0.29) is 11.9 Å². The fourth-order valence-corrected chi connectivity index (χ4v) is 3.55. The van der Waals surface area contributed by atoms with Crippen molar-refractivity contribution in [3.8, 4) is 5.75 Å². The van der Waals surface area contributed by atoms with Crippen molar-refractivity contribution in [2.45, 2.75) is 19.4 Å². The summed E-state index contributed by atoms with van der Waals surface area (Å²) in [6.45, 7) is 5.62. The van der Waals surface area contributed by atoms with Crippen LogP contribution in [0, 0.1) is 12.7 Å². The van der Waals surface area contributed by atoms with Crippen LogP contribution in [-0.4, -0.2) is 47.7 Å². The molecule has 1 aromatic carbocycles. The summed E-state index contributed by atoms with van der Waals surface area (Å²) < 4.78 is 25.1. The van der Waals surface area contributed by atoms with Crippen molar-refractivity contribution in [1.82, 2.24) is 14.9 Å². The van der Waals surface area contributed by atoms with Gasteiger partial charge in [0.2, 0.25) is 0 Å². The van der Waals surface area contributed by atoms with E-state index in [2.05, 4.69) is 20.2 Å². The van der Waals surface area contributed by atoms with Gasteiger partial charge in [-0.05, 0) is 49.7 Å². The molecular formula is C24H27FN4O2. The van der Waals surface area contributed by atoms with E-state index in [0.717, 1.165) is 48.9 Å². The maximum absolute atomic E-state index is 13.6. The van der Waals surface area contributed by atoms with Crippen LogP contribution in [0.5, 0.6) is 5.75 Å². The Kier molecular flexibility index (Phi) is 7.07. The number of nitrogens with one attached hydrogen (secondary N) is 1. The molecule has 0 spiro atoms. The van der Waals surface area contributed by atoms with Crippen LogP contribution in [-0.2, 0) is 4.74 Å². The first-order chi connectivity index (χ1) is 15.2. The van der Waals surface area contributed by atoms with Crippen molar-refractivity contribution in [2.75, 3.05) is 38.2 Å². The molecule has 0 radical (unpaired) electrons. The lowest BCUT2D eigenvalue weighted by Gasteiger charge is -2.32. The minimum absolute atomic E-state index is 0.0626. The largest absolute Gasteiger partial charge is 0.490 e. The average molecular weight is 423 g/mol. The number of hydrogen-bond acceptors (Lipinski definition) is 6. The lowest BCUT2D eigenvalue weighted by atomic mass is 10.1. The highest BCUT2D eigenvalue weighted by molar-refractivity contribution is 5.54. The third-order valence-corrected chi connectivity index (χ3v) is 5.14. The Labute approximate surface area is 182 Å². The number of nitrogens with zero attached hydrogens (tertiary/aromatic N) is 3. The molecule has 0 saturated carbocycles. The van der Waals surface area contributed by atoms with Crippen LogP contribution in [0.2, 0.25) is 0 Å². The van der Waals surface area contributed by atoms with Crippen molar-refractivity contribution in [3.05, 3.63) is 78.0 Å². The highest BCUT2D eigenvalue weighted by Gasteiger charge is 2.22. The lowest BCUT2D eigenvalue weighted by molar-refractivity contribution is -0.0330. The van der Waals surface area contributed by atoms with Crippen molar-refractivity contribution < 1.29 is 13.9 Å². The van der Waals surface area contributed by atoms with Crippen LogP contribution >= 0.6 is 0 Å². The van der Waals surface area contributed by atoms with E-state index in [1.165, 1.54) is 6.07 Å². The summed E-state index contributed by atoms with van der Waals surface area (Å²) in [7, 11) is 0. The maximum atomic E-state index is 13.6. The quantitative estimate of drug-likeness (QED) is 0.539. The number of ether oxygens (including phenoxy) is 2. The molecule has 3 aromatic rings. The number of anilines is 2. The summed E-state index contributed by atoms with van der Waals surface area (Å²) in [5, 5.41) is 3.27. The predicted molar refractivity (Wildman–Crippen MR) is 118 cm³/mol. The summed E-state index contributed by atoms with van der Waals surface area (Å²) >= 11 is 0. The molecule has 0 unspecified atom stereocenters. The number of benzene rings is 1. The molecule has 2 aromatic heterocycles. The van der Waals surface area contributed by atoms with Gasteiger partial charge < -0.3 is 14.8 Å². The zero-order valence-electron chi connectivity index (χ0n) is 17.6. The molecule has 3 heterocycles. The molecule has 0 aliphatic carbocycles. The Balaban J connectivity index is 1.25. The van der Waals surface area contributed by atoms with Gasteiger partial charge in [0.05, 0.1) is 30.8 Å². The van der Waals surface area contributed by atoms with Gasteiger partial charge in [0, 0.05) is 25.3 Å². The molecular weight excluding hydrogens is 395 g/mol. The van der Waals surface area contributed by atoms with Crippen molar-refractivity contribution in [2.24, 2.45) is 0 Å². The Bertz CT molecular complexity index is 983. The fourth-order valence-electron chi connectivity index (χ4n) is 3.55. The number of para-hydroxylation sites is 1. The number of hydrogen-bond donors (Lipinski definition) is 1. The smallest absolute Gasteiger partial charge is 0.165 e. The summed E-state index contributed by atoms with van der Waals surface area (Å²) in [6, 6.07) is 16.3. The van der Waals surface area contributed by atoms with Crippen molar-refractivity contribution >= 4 is 11.5 Å². The second-order valence-electron chi connectivity index (χ2n) is 7.55. The Morgan fingerprint density at radius 1 is 1.16 bits per heavy atom. The van der Waals surface area contributed by atoms with Gasteiger partial charge in [0.25, 0.3) is 0 Å². The van der Waals surface area contributed by atoms with E-state index in [0.29, 0.717) is 19.0 Å². The maximum Gasteiger partial charge on any atom is 0.165 e. The van der Waals surface area contributed by atoms with Crippen molar-refractivity contribution in [3.63, 3.8) is 0 Å². The molecule has 1 saturated heterocycles. The minimum Gasteiger partial charge on any atom is -0.490 e. The molecule has 7 heteroatoms. The van der Waals surface area contributed by atoms with Crippen LogP contribution in [0.15, 0.2) is 60.8 Å². The molecule has 1 aliphatic heterocycles. The third kappa shape index (κ3) is 5.99. The van der Waals surface area contributed by atoms with E-state index in [1.54, 1.807) is 18.2 Å². The van der Waals surface area contributed by atoms with Gasteiger partial charge in [-0.1, -0.05) is 18.2 Å². The number of aryl methyl sites for hydroxylation is 1. The molecule has 162 valence electrons. The summed E-state index contributed by atoms with van der Waals surface area (Å²) in [5.74, 6) is 0.782. The number of halogens is 1. The summed E-state index contributed by atoms with van der Waals surface area (Å²) in [5.41, 5.74) is 2.76. The summed E-state index contributed by atoms with van der Waals surface area (Å²) in [6.07, 6.45) is 2.57. The highest BCUT2D eigenvalue weighted by atomic mass is 19.1. The van der Waals surface area contributed by atoms with Gasteiger partial charge in [-0.25, -0.2) is 9.37 Å². The molecule has 0 bridgehead atoms. The van der Waals surface area contributed by atoms with Crippen LogP contribution < -0.4 is 10.1 Å². The third-order valence-electron chi connectivity index (χ3n) is 5.14. The van der Waals surface area contributed by atoms with Crippen molar-refractivity contribution in [1.29, 1.82) is 0 Å². The van der Waals surface area contributed by atoms with Gasteiger partial charge >= 0.3 is 0 Å². The molecule has 31 heavy (non-hydrogen) atoms. The zero-order valence-corrected chi connectivity index (χ0v) is 17.6. The second-order valence-corrected chi connectivity index (χ2v) is 7.55. The zero-order chi connectivity index (χ0) is 21.5. The van der Waals surface area contributed by atoms with Gasteiger partial charge in [-0.2, -0.15) is 0 Å². The number of aromatic nitrogens is 2. The fraction of sp³-hybridized carbons (Fsp3) is 0.333. The standard InChI is InChI=1S/C24H27FN4O2/c1-18-6-4-9-24(27-18)28-19-10-11-21(26-16-19)23-17-29(13-15-31-23)12-5-14-30-22-8-3-2-7-20(22)25/h2-4,6-11,16,23H,5,12-15,17H2,1H3,(H,27,28)/t23-/m0/s1. The van der Waals surface area contributed by atoms with E-state index in [1.807, 2.05) is 43.5 Å². The highest BCUT2D eigenvalue weighted by Crippen LogP contribution is 2.23. The van der Waals surface area contributed by atoms with Gasteiger partial charge in [-0.3, -0.25) is 9.88 Å². The first-order valence-corrected chi connectivity index (χ1v) is 10.6. The van der Waals surface area contributed by atoms with E-state index < -0.39 is 0 Å². The van der Waals surface area contributed by atoms with Crippen LogP contribution in [0.25, 0.3) is 0 Å². The minimum atomic E-state index is -0.323. The number of morpholine rings is 1. The SMILES string of the molecule is Cc1cccc(Nc2ccc([C@@H]3CN(CCCOc4ccccc4F)CCO3)nc2)n1. The van der Waals surface area contributed by atoms with Gasteiger partial charge in [-0.15, -0.1) is 0 Å². The number of rotatable bonds is 8. The van der Waals surface area contributed by atoms with Crippen LogP contribution in [0.1, 0.15) is 23.9 Å². The Morgan fingerprint density at radius 3 is 2.87 bits per heavy atom. The normalized spacial score (nSPS) is 16.8.